The maximum Gasteiger partial charge on any atom is 0.223 e. The Morgan fingerprint density at radius 2 is 1.61 bits per heavy atom. The van der Waals surface area contributed by atoms with E-state index in [1.54, 1.807) is 6.92 Å². The molecule has 0 unspecified atom stereocenters. The van der Waals surface area contributed by atoms with Gasteiger partial charge in [-0.05, 0) is 60.1 Å². The third kappa shape index (κ3) is 11.1. The molecule has 1 amide bonds. The van der Waals surface area contributed by atoms with Gasteiger partial charge in [-0.1, -0.05) is 89.0 Å². The van der Waals surface area contributed by atoms with Crippen molar-refractivity contribution in [1.29, 1.82) is 0 Å². The minimum absolute atomic E-state index is 0.0700. The van der Waals surface area contributed by atoms with Crippen molar-refractivity contribution >= 4 is 23.4 Å². The largest absolute Gasteiger partial charge is 0.494 e. The first-order valence-electron chi connectivity index (χ1n) is 14.7. The Hall–Kier alpha value is -2.40. The summed E-state index contributed by atoms with van der Waals surface area (Å²) in [5.74, 6) is 2.01. The van der Waals surface area contributed by atoms with Crippen LogP contribution in [0.4, 0.5) is 5.69 Å². The van der Waals surface area contributed by atoms with Crippen LogP contribution in [0.1, 0.15) is 96.1 Å². The second kappa shape index (κ2) is 17.2. The van der Waals surface area contributed by atoms with E-state index >= 15 is 0 Å². The van der Waals surface area contributed by atoms with Crippen molar-refractivity contribution in [2.45, 2.75) is 97.9 Å². The van der Waals surface area contributed by atoms with Gasteiger partial charge < -0.3 is 14.5 Å². The molecule has 0 saturated carbocycles. The van der Waals surface area contributed by atoms with Crippen LogP contribution in [0.3, 0.4) is 0 Å². The number of hydrogen-bond donors (Lipinski definition) is 0. The van der Waals surface area contributed by atoms with Gasteiger partial charge in [0.15, 0.2) is 0 Å². The van der Waals surface area contributed by atoms with Gasteiger partial charge in [0, 0.05) is 31.9 Å². The van der Waals surface area contributed by atoms with Crippen LogP contribution < -0.4 is 9.64 Å². The van der Waals surface area contributed by atoms with E-state index in [4.69, 9.17) is 4.74 Å². The van der Waals surface area contributed by atoms with Crippen molar-refractivity contribution in [3.63, 3.8) is 0 Å². The molecule has 0 saturated heterocycles. The van der Waals surface area contributed by atoms with Crippen molar-refractivity contribution in [2.24, 2.45) is 0 Å². The van der Waals surface area contributed by atoms with E-state index in [9.17, 15) is 4.79 Å². The number of benzene rings is 2. The molecule has 0 radical (unpaired) electrons. The minimum atomic E-state index is 0.0700. The van der Waals surface area contributed by atoms with Gasteiger partial charge in [0.2, 0.25) is 5.91 Å². The molecule has 0 bridgehead atoms. The maximum absolute atomic E-state index is 12.4. The predicted octanol–water partition coefficient (Wildman–Crippen LogP) is 8.95. The van der Waals surface area contributed by atoms with E-state index in [0.717, 1.165) is 43.3 Å². The Kier molecular flexibility index (Phi) is 13.7. The minimum Gasteiger partial charge on any atom is -0.494 e. The number of carbonyl (C=O) groups excluding carboxylic acids is 1. The van der Waals surface area contributed by atoms with Gasteiger partial charge >= 0.3 is 0 Å². The Morgan fingerprint density at radius 1 is 0.921 bits per heavy atom. The molecule has 38 heavy (non-hydrogen) atoms. The van der Waals surface area contributed by atoms with E-state index in [1.807, 2.05) is 22.7 Å². The van der Waals surface area contributed by atoms with Crippen LogP contribution in [0.5, 0.6) is 5.75 Å². The topological polar surface area (TPSA) is 32.8 Å². The molecular formula is C33H48N2O2S. The lowest BCUT2D eigenvalue weighted by molar-refractivity contribution is -0.116. The number of rotatable bonds is 18. The highest BCUT2D eigenvalue weighted by Gasteiger charge is 2.13. The van der Waals surface area contributed by atoms with Crippen molar-refractivity contribution in [3.05, 3.63) is 70.8 Å². The molecule has 3 rings (SSSR count). The van der Waals surface area contributed by atoms with Gasteiger partial charge in [-0.3, -0.25) is 4.79 Å². The summed E-state index contributed by atoms with van der Waals surface area (Å²) < 4.78 is 6.04. The molecule has 0 N–H and O–H groups in total. The highest BCUT2D eigenvalue weighted by molar-refractivity contribution is 8.03. The molecule has 208 valence electrons. The maximum atomic E-state index is 12.4. The van der Waals surface area contributed by atoms with E-state index < -0.39 is 0 Å². The summed E-state index contributed by atoms with van der Waals surface area (Å²) in [5.41, 5.74) is 3.41. The number of amides is 1. The van der Waals surface area contributed by atoms with Crippen molar-refractivity contribution < 1.29 is 9.53 Å². The first kappa shape index (κ1) is 30.1. The molecule has 2 aromatic rings. The van der Waals surface area contributed by atoms with Gasteiger partial charge in [-0.2, -0.15) is 0 Å². The Labute approximate surface area is 235 Å². The summed E-state index contributed by atoms with van der Waals surface area (Å²) >= 11 is 1.88. The fraction of sp³-hybridized carbons (Fsp3) is 0.545. The molecular weight excluding hydrogens is 488 g/mol. The van der Waals surface area contributed by atoms with E-state index in [-0.39, 0.29) is 5.91 Å². The number of thioether (sulfide) groups is 1. The molecule has 0 atom stereocenters. The van der Waals surface area contributed by atoms with Gasteiger partial charge in [0.05, 0.1) is 12.5 Å². The van der Waals surface area contributed by atoms with Gasteiger partial charge in [0.25, 0.3) is 0 Å². The second-order valence-corrected chi connectivity index (χ2v) is 11.7. The molecule has 0 spiro atoms. The number of nitrogens with zero attached hydrogens (tertiary/aromatic N) is 2. The van der Waals surface area contributed by atoms with Gasteiger partial charge in [-0.15, -0.1) is 11.8 Å². The summed E-state index contributed by atoms with van der Waals surface area (Å²) in [6.07, 6.45) is 16.3. The number of unbranched alkanes of at least 4 members (excludes halogenated alkanes) is 9. The lowest BCUT2D eigenvalue weighted by Gasteiger charge is -2.22. The van der Waals surface area contributed by atoms with E-state index in [0.29, 0.717) is 6.54 Å². The fourth-order valence-corrected chi connectivity index (χ4v) is 5.66. The molecule has 0 fully saturated rings. The number of anilines is 1. The second-order valence-electron chi connectivity index (χ2n) is 10.5. The van der Waals surface area contributed by atoms with Crippen LogP contribution in [0.15, 0.2) is 59.6 Å². The van der Waals surface area contributed by atoms with Crippen LogP contribution in [0, 0.1) is 0 Å². The Balaban J connectivity index is 1.37. The molecule has 2 aromatic carbocycles. The number of hydrogen-bond acceptors (Lipinski definition) is 4. The molecule has 1 aliphatic rings. The lowest BCUT2D eigenvalue weighted by Crippen LogP contribution is -2.30. The Bertz CT molecular complexity index is 989. The predicted molar refractivity (Wildman–Crippen MR) is 164 cm³/mol. The standard InChI is InChI=1S/C33H48N2O2S/c1-4-5-6-7-8-9-10-11-12-13-23-37-33-16-14-15-30(24-33)21-22-35(29(3)36)32-19-17-31(18-20-32)26-34-25-28(2)38-27-34/h14-20,24-25H,4-13,21-23,26-27H2,1-3H3. The van der Waals surface area contributed by atoms with E-state index in [2.05, 4.69) is 67.4 Å². The summed E-state index contributed by atoms with van der Waals surface area (Å²) in [6, 6.07) is 16.8. The number of allylic oxidation sites excluding steroid dienone is 1. The number of carbonyl (C=O) groups is 1. The highest BCUT2D eigenvalue weighted by Crippen LogP contribution is 2.26. The molecule has 1 aliphatic heterocycles. The fourth-order valence-electron chi connectivity index (χ4n) is 4.90. The number of ether oxygens (including phenoxy) is 1. The Morgan fingerprint density at radius 3 is 2.24 bits per heavy atom. The highest BCUT2D eigenvalue weighted by atomic mass is 32.2. The molecule has 1 heterocycles. The quantitative estimate of drug-likeness (QED) is 0.178. The molecule has 0 aliphatic carbocycles. The van der Waals surface area contributed by atoms with E-state index in [1.165, 1.54) is 73.8 Å². The van der Waals surface area contributed by atoms with Crippen LogP contribution in [-0.2, 0) is 17.8 Å². The smallest absolute Gasteiger partial charge is 0.223 e. The van der Waals surface area contributed by atoms with Gasteiger partial charge in [0.1, 0.15) is 5.75 Å². The third-order valence-electron chi connectivity index (χ3n) is 7.13. The zero-order valence-corrected chi connectivity index (χ0v) is 24.7. The van der Waals surface area contributed by atoms with Crippen LogP contribution in [0.2, 0.25) is 0 Å². The average Bonchev–Trinajstić information content (AvgIpc) is 3.32. The van der Waals surface area contributed by atoms with Gasteiger partial charge in [-0.25, -0.2) is 0 Å². The SMILES string of the molecule is CCCCCCCCCCCCOc1cccc(CCN(C(C)=O)c2ccc(CN3C=C(C)SC3)cc2)c1. The first-order valence-corrected chi connectivity index (χ1v) is 15.7. The lowest BCUT2D eigenvalue weighted by atomic mass is 10.1. The molecule has 4 nitrogen and oxygen atoms in total. The summed E-state index contributed by atoms with van der Waals surface area (Å²) in [4.78, 5) is 18.0. The average molecular weight is 537 g/mol. The van der Waals surface area contributed by atoms with Crippen LogP contribution >= 0.6 is 11.8 Å². The summed E-state index contributed by atoms with van der Waals surface area (Å²) in [6.45, 7) is 8.40. The third-order valence-corrected chi connectivity index (χ3v) is 8.15. The van der Waals surface area contributed by atoms with Crippen molar-refractivity contribution in [3.8, 4) is 5.75 Å². The molecule has 0 aromatic heterocycles. The van der Waals surface area contributed by atoms with Crippen LogP contribution in [0.25, 0.3) is 0 Å². The monoisotopic (exact) mass is 536 g/mol. The summed E-state index contributed by atoms with van der Waals surface area (Å²) in [5, 5.41) is 0. The van der Waals surface area contributed by atoms with Crippen molar-refractivity contribution in [1.82, 2.24) is 4.90 Å². The zero-order valence-electron chi connectivity index (χ0n) is 23.9. The molecule has 5 heteroatoms. The zero-order chi connectivity index (χ0) is 27.0. The normalized spacial score (nSPS) is 13.0. The first-order chi connectivity index (χ1) is 18.5. The van der Waals surface area contributed by atoms with Crippen molar-refractivity contribution in [2.75, 3.05) is 23.9 Å². The summed E-state index contributed by atoms with van der Waals surface area (Å²) in [7, 11) is 0. The van der Waals surface area contributed by atoms with Crippen LogP contribution in [-0.4, -0.2) is 29.8 Å².